The second-order valence-corrected chi connectivity index (χ2v) is 16.7. The number of hydrogen-bond acceptors (Lipinski definition) is 1. The summed E-state index contributed by atoms with van der Waals surface area (Å²) in [5.74, 6) is 0. The van der Waals surface area contributed by atoms with Gasteiger partial charge in [0.1, 0.15) is 0 Å². The molecule has 11 aromatic carbocycles. The van der Waals surface area contributed by atoms with E-state index >= 15 is 0 Å². The van der Waals surface area contributed by atoms with E-state index in [0.29, 0.717) is 0 Å². The first-order valence-electron chi connectivity index (χ1n) is 21.6. The highest BCUT2D eigenvalue weighted by atomic mass is 15.1. The van der Waals surface area contributed by atoms with Gasteiger partial charge in [-0.15, -0.1) is 0 Å². The smallest absolute Gasteiger partial charge is 0.0726 e. The fraction of sp³-hybridized carbons (Fsp3) is 0.0164. The zero-order valence-corrected chi connectivity index (χ0v) is 34.0. The molecule has 0 heterocycles. The van der Waals surface area contributed by atoms with Crippen molar-refractivity contribution in [2.45, 2.75) is 5.41 Å². The highest BCUT2D eigenvalue weighted by Crippen LogP contribution is 2.62. The van der Waals surface area contributed by atoms with Crippen molar-refractivity contribution in [2.24, 2.45) is 0 Å². The highest BCUT2D eigenvalue weighted by molar-refractivity contribution is 6.14. The van der Waals surface area contributed by atoms with Crippen LogP contribution in [0.2, 0.25) is 0 Å². The molecule has 0 radical (unpaired) electrons. The Hall–Kier alpha value is -8.00. The van der Waals surface area contributed by atoms with Crippen LogP contribution in [0.25, 0.3) is 76.8 Å². The third-order valence-corrected chi connectivity index (χ3v) is 13.6. The summed E-state index contributed by atoms with van der Waals surface area (Å²) in [6.07, 6.45) is 0. The van der Waals surface area contributed by atoms with E-state index in [1.165, 1.54) is 99.1 Å². The van der Waals surface area contributed by atoms with Gasteiger partial charge in [0.2, 0.25) is 0 Å². The average Bonchev–Trinajstić information content (AvgIpc) is 3.35. The Balaban J connectivity index is 1.18. The van der Waals surface area contributed by atoms with E-state index in [9.17, 15) is 0 Å². The van der Waals surface area contributed by atoms with Crippen molar-refractivity contribution in [3.8, 4) is 44.5 Å². The monoisotopic (exact) mass is 785 g/mol. The predicted molar refractivity (Wildman–Crippen MR) is 261 cm³/mol. The molecule has 0 aliphatic heterocycles. The van der Waals surface area contributed by atoms with E-state index in [1.54, 1.807) is 0 Å². The van der Waals surface area contributed by atoms with E-state index in [2.05, 4.69) is 241 Å². The lowest BCUT2D eigenvalue weighted by molar-refractivity contribution is 0.754. The normalized spacial score (nSPS) is 14.5. The number of rotatable bonds is 5. The van der Waals surface area contributed by atoms with Crippen molar-refractivity contribution in [1.82, 2.24) is 0 Å². The quantitative estimate of drug-likeness (QED) is 0.168. The number of nitrogens with zero attached hydrogens (tertiary/aromatic N) is 1. The molecule has 1 unspecified atom stereocenters. The van der Waals surface area contributed by atoms with Crippen LogP contribution in [-0.4, -0.2) is 0 Å². The molecule has 1 heteroatoms. The van der Waals surface area contributed by atoms with Gasteiger partial charge in [0.15, 0.2) is 0 Å². The van der Waals surface area contributed by atoms with Crippen molar-refractivity contribution in [3.63, 3.8) is 0 Å². The minimum Gasteiger partial charge on any atom is -0.310 e. The molecule has 13 rings (SSSR count). The lowest BCUT2D eigenvalue weighted by atomic mass is 9.55. The Labute approximate surface area is 361 Å². The van der Waals surface area contributed by atoms with Gasteiger partial charge in [-0.25, -0.2) is 0 Å². The van der Waals surface area contributed by atoms with Crippen LogP contribution in [0.15, 0.2) is 237 Å². The van der Waals surface area contributed by atoms with Crippen molar-refractivity contribution in [2.75, 3.05) is 4.90 Å². The molecule has 1 spiro atoms. The van der Waals surface area contributed by atoms with Crippen LogP contribution in [0.5, 0.6) is 0 Å². The number of fused-ring (bicyclic) bond motifs is 9. The highest BCUT2D eigenvalue weighted by Gasteiger charge is 2.49. The lowest BCUT2D eigenvalue weighted by Crippen LogP contribution is -2.36. The van der Waals surface area contributed by atoms with Crippen molar-refractivity contribution in [1.29, 1.82) is 0 Å². The van der Waals surface area contributed by atoms with Gasteiger partial charge >= 0.3 is 0 Å². The summed E-state index contributed by atoms with van der Waals surface area (Å²) in [7, 11) is 0. The fourth-order valence-electron chi connectivity index (χ4n) is 11.1. The van der Waals surface area contributed by atoms with E-state index in [0.717, 1.165) is 17.1 Å². The Morgan fingerprint density at radius 2 is 0.790 bits per heavy atom. The molecule has 11 aromatic rings. The zero-order chi connectivity index (χ0) is 40.8. The molecule has 288 valence electrons. The summed E-state index contributed by atoms with van der Waals surface area (Å²) in [5, 5.41) is 7.61. The molecule has 0 amide bonds. The molecular formula is C61H39N. The molecule has 62 heavy (non-hydrogen) atoms. The van der Waals surface area contributed by atoms with Crippen LogP contribution < -0.4 is 4.90 Å². The molecule has 1 nitrogen and oxygen atoms in total. The standard InChI is InChI=1S/C61H39N/c1-4-17-40(18-5-1)47-35-36-52-48-27-12-13-30-54(48)61(56-32-16-29-50(47)60(52)56)55-31-15-24-42-23-14-28-51(59(42)55)49-34-33-46(39-57(49)61)62(45-25-8-3-9-26-45)58-38-44-22-11-10-21-43(44)37-53(58)41-19-6-2-7-20-41/h1-39H. The second-order valence-electron chi connectivity index (χ2n) is 16.7. The average molecular weight is 786 g/mol. The molecule has 0 bridgehead atoms. The zero-order valence-electron chi connectivity index (χ0n) is 34.0. The summed E-state index contributed by atoms with van der Waals surface area (Å²) in [6, 6.07) is 88.2. The Bertz CT molecular complexity index is 3570. The molecule has 2 aliphatic rings. The molecule has 0 saturated carbocycles. The van der Waals surface area contributed by atoms with Gasteiger partial charge in [0.05, 0.1) is 11.1 Å². The van der Waals surface area contributed by atoms with Gasteiger partial charge in [-0.1, -0.05) is 200 Å². The largest absolute Gasteiger partial charge is 0.310 e. The number of benzene rings is 11. The third kappa shape index (κ3) is 4.91. The van der Waals surface area contributed by atoms with E-state index in [1.807, 2.05) is 0 Å². The lowest BCUT2D eigenvalue weighted by Gasteiger charge is -2.46. The maximum Gasteiger partial charge on any atom is 0.0726 e. The maximum atomic E-state index is 2.53. The molecule has 0 fully saturated rings. The summed E-state index contributed by atoms with van der Waals surface area (Å²) in [5.41, 5.74) is 17.9. The molecular weight excluding hydrogens is 747 g/mol. The second kappa shape index (κ2) is 13.5. The fourth-order valence-corrected chi connectivity index (χ4v) is 11.1. The first-order valence-corrected chi connectivity index (χ1v) is 21.6. The minimum absolute atomic E-state index is 0.633. The van der Waals surface area contributed by atoms with Crippen molar-refractivity contribution in [3.05, 3.63) is 259 Å². The number of anilines is 3. The molecule has 0 aromatic heterocycles. The van der Waals surface area contributed by atoms with Gasteiger partial charge < -0.3 is 4.90 Å². The molecule has 0 N–H and O–H groups in total. The third-order valence-electron chi connectivity index (χ3n) is 13.6. The van der Waals surface area contributed by atoms with E-state index < -0.39 is 5.41 Å². The Morgan fingerprint density at radius 3 is 1.56 bits per heavy atom. The van der Waals surface area contributed by atoms with Crippen LogP contribution in [0.4, 0.5) is 17.1 Å². The number of para-hydroxylation sites is 1. The number of hydrogen-bond donors (Lipinski definition) is 0. The Morgan fingerprint density at radius 1 is 0.274 bits per heavy atom. The van der Waals surface area contributed by atoms with Gasteiger partial charge in [-0.05, 0) is 130 Å². The summed E-state index contributed by atoms with van der Waals surface area (Å²) in [6.45, 7) is 0. The van der Waals surface area contributed by atoms with E-state index in [-0.39, 0.29) is 0 Å². The van der Waals surface area contributed by atoms with Crippen molar-refractivity contribution >= 4 is 49.4 Å². The molecule has 2 aliphatic carbocycles. The topological polar surface area (TPSA) is 3.24 Å². The first kappa shape index (κ1) is 34.8. The molecule has 1 atom stereocenters. The Kier molecular flexibility index (Phi) is 7.59. The SMILES string of the molecule is c1ccc(-c2cc3ccccc3cc2N(c2ccccc2)c2ccc3c(c2)C2(c4ccccc4-c4ccc(-c5ccccc5)c5cccc2c45)c2cccc4cccc-3c24)cc1. The minimum atomic E-state index is -0.633. The van der Waals surface area contributed by atoms with Gasteiger partial charge in [-0.2, -0.15) is 0 Å². The molecule has 0 saturated heterocycles. The van der Waals surface area contributed by atoms with Crippen LogP contribution in [-0.2, 0) is 5.41 Å². The first-order chi connectivity index (χ1) is 30.8. The summed E-state index contributed by atoms with van der Waals surface area (Å²) in [4.78, 5) is 2.49. The van der Waals surface area contributed by atoms with Crippen molar-refractivity contribution < 1.29 is 0 Å². The summed E-state index contributed by atoms with van der Waals surface area (Å²) < 4.78 is 0. The van der Waals surface area contributed by atoms with Crippen LogP contribution in [0.3, 0.4) is 0 Å². The van der Waals surface area contributed by atoms with Gasteiger partial charge in [0.25, 0.3) is 0 Å². The van der Waals surface area contributed by atoms with Crippen LogP contribution in [0.1, 0.15) is 22.3 Å². The predicted octanol–water partition coefficient (Wildman–Crippen LogP) is 16.3. The van der Waals surface area contributed by atoms with Crippen LogP contribution >= 0.6 is 0 Å². The summed E-state index contributed by atoms with van der Waals surface area (Å²) >= 11 is 0. The maximum absolute atomic E-state index is 2.53. The van der Waals surface area contributed by atoms with Gasteiger partial charge in [-0.3, -0.25) is 0 Å². The van der Waals surface area contributed by atoms with Crippen LogP contribution in [0, 0.1) is 0 Å². The van der Waals surface area contributed by atoms with Gasteiger partial charge in [0, 0.05) is 16.9 Å². The van der Waals surface area contributed by atoms with E-state index in [4.69, 9.17) is 0 Å².